The number of halogens is 1. The summed E-state index contributed by atoms with van der Waals surface area (Å²) in [6.45, 7) is 1.85. The Morgan fingerprint density at radius 3 is 3.12 bits per heavy atom. The number of alkyl halides is 1. The normalized spacial score (nSPS) is 16.9. The minimum absolute atomic E-state index is 0.700. The molecular formula is C5H9ClN2. The average molecular weight is 133 g/mol. The summed E-state index contributed by atoms with van der Waals surface area (Å²) in [5.74, 6) is 0.700. The number of hydrogen-bond acceptors (Lipinski definition) is 2. The first-order valence-corrected chi connectivity index (χ1v) is 3.17. The topological polar surface area (TPSA) is 15.3 Å². The quantitative estimate of drug-likeness (QED) is 0.553. The minimum atomic E-state index is 0.700. The molecule has 0 unspecified atom stereocenters. The van der Waals surface area contributed by atoms with Crippen molar-refractivity contribution in [1.82, 2.24) is 10.2 Å². The van der Waals surface area contributed by atoms with Gasteiger partial charge in [-0.1, -0.05) is 0 Å². The summed E-state index contributed by atoms with van der Waals surface area (Å²) >= 11 is 5.48. The second-order valence-corrected chi connectivity index (χ2v) is 2.06. The van der Waals surface area contributed by atoms with Gasteiger partial charge >= 0.3 is 0 Å². The lowest BCUT2D eigenvalue weighted by Crippen LogP contribution is -2.22. The SMILES string of the molecule is ClCCN1C=CNC1. The van der Waals surface area contributed by atoms with Crippen molar-refractivity contribution in [2.24, 2.45) is 0 Å². The predicted molar refractivity (Wildman–Crippen MR) is 34.6 cm³/mol. The summed E-state index contributed by atoms with van der Waals surface area (Å²) in [5, 5.41) is 3.04. The molecule has 0 aromatic rings. The first-order chi connectivity index (χ1) is 3.93. The highest BCUT2D eigenvalue weighted by Gasteiger charge is 1.99. The molecule has 0 aliphatic carbocycles. The fraction of sp³-hybridized carbons (Fsp3) is 0.600. The van der Waals surface area contributed by atoms with E-state index in [2.05, 4.69) is 10.2 Å². The third-order valence-corrected chi connectivity index (χ3v) is 1.24. The lowest BCUT2D eigenvalue weighted by Gasteiger charge is -2.10. The molecule has 0 bridgehead atoms. The van der Waals surface area contributed by atoms with Crippen molar-refractivity contribution in [2.45, 2.75) is 0 Å². The maximum absolute atomic E-state index is 5.48. The number of nitrogens with zero attached hydrogens (tertiary/aromatic N) is 1. The molecule has 0 aromatic carbocycles. The van der Waals surface area contributed by atoms with Crippen LogP contribution >= 0.6 is 11.6 Å². The van der Waals surface area contributed by atoms with Crippen LogP contribution in [0.5, 0.6) is 0 Å². The van der Waals surface area contributed by atoms with E-state index < -0.39 is 0 Å². The number of hydrogen-bond donors (Lipinski definition) is 1. The third kappa shape index (κ3) is 1.30. The Morgan fingerprint density at radius 2 is 2.62 bits per heavy atom. The summed E-state index contributed by atoms with van der Waals surface area (Å²) in [7, 11) is 0. The van der Waals surface area contributed by atoms with E-state index in [-0.39, 0.29) is 0 Å². The molecule has 0 amide bonds. The molecule has 2 nitrogen and oxygen atoms in total. The van der Waals surface area contributed by atoms with E-state index in [4.69, 9.17) is 11.6 Å². The van der Waals surface area contributed by atoms with Crippen LogP contribution in [0.15, 0.2) is 12.4 Å². The Labute approximate surface area is 54.1 Å². The molecule has 1 rings (SSSR count). The molecule has 3 heteroatoms. The lowest BCUT2D eigenvalue weighted by atomic mass is 10.6. The van der Waals surface area contributed by atoms with Crippen molar-refractivity contribution in [3.05, 3.63) is 12.4 Å². The zero-order chi connectivity index (χ0) is 5.82. The second-order valence-electron chi connectivity index (χ2n) is 1.68. The van der Waals surface area contributed by atoms with Gasteiger partial charge in [-0.15, -0.1) is 11.6 Å². The molecule has 0 saturated carbocycles. The highest BCUT2D eigenvalue weighted by Crippen LogP contribution is 1.93. The Balaban J connectivity index is 2.16. The van der Waals surface area contributed by atoms with E-state index >= 15 is 0 Å². The second kappa shape index (κ2) is 2.82. The molecule has 46 valence electrons. The summed E-state index contributed by atoms with van der Waals surface area (Å²) in [6, 6.07) is 0. The average Bonchev–Trinajstić information content (AvgIpc) is 2.19. The van der Waals surface area contributed by atoms with Crippen LogP contribution in [0.1, 0.15) is 0 Å². The summed E-state index contributed by atoms with van der Waals surface area (Å²) < 4.78 is 0. The van der Waals surface area contributed by atoms with Gasteiger partial charge in [0.25, 0.3) is 0 Å². The standard InChI is InChI=1S/C5H9ClN2/c6-1-3-8-4-2-7-5-8/h2,4,7H,1,3,5H2. The van der Waals surface area contributed by atoms with E-state index in [1.807, 2.05) is 12.4 Å². The maximum atomic E-state index is 5.48. The largest absolute Gasteiger partial charge is 0.373 e. The zero-order valence-corrected chi connectivity index (χ0v) is 5.36. The van der Waals surface area contributed by atoms with E-state index in [0.717, 1.165) is 13.2 Å². The van der Waals surface area contributed by atoms with E-state index in [1.165, 1.54) is 0 Å². The van der Waals surface area contributed by atoms with E-state index in [1.54, 1.807) is 0 Å². The molecular weight excluding hydrogens is 124 g/mol. The van der Waals surface area contributed by atoms with Gasteiger partial charge < -0.3 is 10.2 Å². The first-order valence-electron chi connectivity index (χ1n) is 2.63. The molecule has 0 aromatic heterocycles. The Kier molecular flexibility index (Phi) is 2.03. The number of nitrogens with one attached hydrogen (secondary N) is 1. The minimum Gasteiger partial charge on any atom is -0.373 e. The van der Waals surface area contributed by atoms with Gasteiger partial charge in [0.2, 0.25) is 0 Å². The van der Waals surface area contributed by atoms with Crippen molar-refractivity contribution in [3.63, 3.8) is 0 Å². The highest BCUT2D eigenvalue weighted by molar-refractivity contribution is 6.18. The number of rotatable bonds is 2. The molecule has 0 atom stereocenters. The van der Waals surface area contributed by atoms with Crippen LogP contribution in [-0.2, 0) is 0 Å². The van der Waals surface area contributed by atoms with Gasteiger partial charge in [-0.3, -0.25) is 0 Å². The zero-order valence-electron chi connectivity index (χ0n) is 4.60. The summed E-state index contributed by atoms with van der Waals surface area (Å²) in [6.07, 6.45) is 3.93. The van der Waals surface area contributed by atoms with Gasteiger partial charge in [0.1, 0.15) is 0 Å². The van der Waals surface area contributed by atoms with Crippen LogP contribution in [0.25, 0.3) is 0 Å². The van der Waals surface area contributed by atoms with Gasteiger partial charge in [0.05, 0.1) is 6.67 Å². The molecule has 0 fully saturated rings. The fourth-order valence-corrected chi connectivity index (χ4v) is 0.860. The molecule has 0 radical (unpaired) electrons. The molecule has 1 aliphatic heterocycles. The van der Waals surface area contributed by atoms with Crippen LogP contribution in [0, 0.1) is 0 Å². The molecule has 1 aliphatic rings. The van der Waals surface area contributed by atoms with Crippen molar-refractivity contribution in [2.75, 3.05) is 19.1 Å². The Hall–Kier alpha value is -0.370. The molecule has 0 spiro atoms. The maximum Gasteiger partial charge on any atom is 0.0867 e. The van der Waals surface area contributed by atoms with Crippen molar-refractivity contribution in [3.8, 4) is 0 Å². The van der Waals surface area contributed by atoms with Crippen LogP contribution in [0.4, 0.5) is 0 Å². The lowest BCUT2D eigenvalue weighted by molar-refractivity contribution is 0.415. The highest BCUT2D eigenvalue weighted by atomic mass is 35.5. The van der Waals surface area contributed by atoms with Crippen LogP contribution < -0.4 is 5.32 Å². The van der Waals surface area contributed by atoms with Crippen LogP contribution in [0.3, 0.4) is 0 Å². The van der Waals surface area contributed by atoms with E-state index in [0.29, 0.717) is 5.88 Å². The molecule has 1 N–H and O–H groups in total. The Morgan fingerprint density at radius 1 is 1.75 bits per heavy atom. The van der Waals surface area contributed by atoms with Crippen LogP contribution in [-0.4, -0.2) is 24.0 Å². The smallest absolute Gasteiger partial charge is 0.0867 e. The predicted octanol–water partition coefficient (Wildman–Crippen LogP) is 0.559. The van der Waals surface area contributed by atoms with Crippen molar-refractivity contribution >= 4 is 11.6 Å². The van der Waals surface area contributed by atoms with E-state index in [9.17, 15) is 0 Å². The molecule has 1 heterocycles. The molecule has 0 saturated heterocycles. The summed E-state index contributed by atoms with van der Waals surface area (Å²) in [5.41, 5.74) is 0. The van der Waals surface area contributed by atoms with Crippen molar-refractivity contribution < 1.29 is 0 Å². The monoisotopic (exact) mass is 132 g/mol. The van der Waals surface area contributed by atoms with Gasteiger partial charge in [-0.25, -0.2) is 0 Å². The van der Waals surface area contributed by atoms with Gasteiger partial charge in [-0.05, 0) is 0 Å². The van der Waals surface area contributed by atoms with Gasteiger partial charge in [0.15, 0.2) is 0 Å². The van der Waals surface area contributed by atoms with Gasteiger partial charge in [0, 0.05) is 24.8 Å². The molecule has 8 heavy (non-hydrogen) atoms. The van der Waals surface area contributed by atoms with Crippen molar-refractivity contribution in [1.29, 1.82) is 0 Å². The Bertz CT molecular complexity index is 92.4. The third-order valence-electron chi connectivity index (χ3n) is 1.07. The fourth-order valence-electron chi connectivity index (χ4n) is 0.643. The van der Waals surface area contributed by atoms with Gasteiger partial charge in [-0.2, -0.15) is 0 Å². The summed E-state index contributed by atoms with van der Waals surface area (Å²) in [4.78, 5) is 2.12. The van der Waals surface area contributed by atoms with Crippen LogP contribution in [0.2, 0.25) is 0 Å². The first kappa shape index (κ1) is 5.76.